The number of amides is 2. The average molecular weight is 613 g/mol. The number of nitrogens with one attached hydrogen (secondary N) is 2. The van der Waals surface area contributed by atoms with Crippen molar-refractivity contribution in [3.63, 3.8) is 0 Å². The fourth-order valence-corrected chi connectivity index (χ4v) is 5.28. The van der Waals surface area contributed by atoms with Crippen LogP contribution in [0, 0.1) is 31.3 Å². The fraction of sp³-hybridized carbons (Fsp3) is 0.200. The summed E-state index contributed by atoms with van der Waals surface area (Å²) in [4.78, 5) is 20.2. The molecular weight excluding hydrogens is 581 g/mol. The van der Waals surface area contributed by atoms with Gasteiger partial charge in [0.05, 0.1) is 24.6 Å². The van der Waals surface area contributed by atoms with E-state index in [4.69, 9.17) is 9.47 Å². The number of halogens is 3. The smallest absolute Gasteiger partial charge is 0.323 e. The first-order valence-corrected chi connectivity index (χ1v) is 14.5. The average Bonchev–Trinajstić information content (AvgIpc) is 3.06. The Labute approximate surface area is 258 Å². The second-order valence-corrected chi connectivity index (χ2v) is 10.9. The SMILES string of the molecule is Cc1ccc(Oc2c(F)c(F)c(C)c(F)c2NC(=O)Nc2ccc(-c3ccc(CN4CCOCC4)nc3)c3ccccc23)cc1. The Morgan fingerprint density at radius 1 is 0.867 bits per heavy atom. The molecule has 0 spiro atoms. The van der Waals surface area contributed by atoms with Gasteiger partial charge in [-0.1, -0.05) is 54.1 Å². The topological polar surface area (TPSA) is 75.7 Å². The van der Waals surface area contributed by atoms with Crippen molar-refractivity contribution in [2.24, 2.45) is 0 Å². The summed E-state index contributed by atoms with van der Waals surface area (Å²) >= 11 is 0. The van der Waals surface area contributed by atoms with E-state index in [0.717, 1.165) is 72.9 Å². The zero-order valence-electron chi connectivity index (χ0n) is 24.8. The predicted molar refractivity (Wildman–Crippen MR) is 168 cm³/mol. The second kappa shape index (κ2) is 13.0. The van der Waals surface area contributed by atoms with Crippen LogP contribution in [0.5, 0.6) is 11.5 Å². The molecule has 1 aromatic heterocycles. The van der Waals surface area contributed by atoms with Crippen molar-refractivity contribution >= 4 is 28.2 Å². The monoisotopic (exact) mass is 612 g/mol. The third kappa shape index (κ3) is 6.47. The molecule has 0 unspecified atom stereocenters. The Hall–Kier alpha value is -4.93. The van der Waals surface area contributed by atoms with E-state index in [1.807, 2.05) is 55.6 Å². The van der Waals surface area contributed by atoms with Crippen LogP contribution in [-0.4, -0.2) is 42.2 Å². The molecule has 45 heavy (non-hydrogen) atoms. The predicted octanol–water partition coefficient (Wildman–Crippen LogP) is 8.20. The van der Waals surface area contributed by atoms with Crippen LogP contribution < -0.4 is 15.4 Å². The highest BCUT2D eigenvalue weighted by molar-refractivity contribution is 6.10. The third-order valence-electron chi connectivity index (χ3n) is 7.77. The molecule has 1 aliphatic heterocycles. The van der Waals surface area contributed by atoms with Gasteiger partial charge < -0.3 is 20.1 Å². The van der Waals surface area contributed by atoms with Crippen molar-refractivity contribution in [3.8, 4) is 22.6 Å². The number of anilines is 2. The second-order valence-electron chi connectivity index (χ2n) is 10.9. The zero-order valence-corrected chi connectivity index (χ0v) is 24.8. The number of pyridine rings is 1. The molecule has 0 atom stereocenters. The number of carbonyl (C=O) groups excluding carboxylic acids is 1. The van der Waals surface area contributed by atoms with Crippen LogP contribution in [-0.2, 0) is 11.3 Å². The molecule has 0 radical (unpaired) electrons. The lowest BCUT2D eigenvalue weighted by Gasteiger charge is -2.26. The molecule has 0 bridgehead atoms. The molecule has 10 heteroatoms. The molecule has 0 aliphatic carbocycles. The largest absolute Gasteiger partial charge is 0.452 e. The molecule has 5 aromatic rings. The highest BCUT2D eigenvalue weighted by Gasteiger charge is 2.26. The van der Waals surface area contributed by atoms with E-state index in [1.165, 1.54) is 12.1 Å². The minimum absolute atomic E-state index is 0.149. The number of ether oxygens (including phenoxy) is 2. The van der Waals surface area contributed by atoms with Gasteiger partial charge in [0.1, 0.15) is 11.4 Å². The van der Waals surface area contributed by atoms with Crippen molar-refractivity contribution in [1.29, 1.82) is 0 Å². The van der Waals surface area contributed by atoms with E-state index in [1.54, 1.807) is 18.2 Å². The van der Waals surface area contributed by atoms with Gasteiger partial charge in [-0.15, -0.1) is 0 Å². The summed E-state index contributed by atoms with van der Waals surface area (Å²) in [5, 5.41) is 6.65. The number of nitrogens with zero attached hydrogens (tertiary/aromatic N) is 2. The summed E-state index contributed by atoms with van der Waals surface area (Å²) in [6.45, 7) is 6.88. The van der Waals surface area contributed by atoms with Crippen LogP contribution in [0.3, 0.4) is 0 Å². The number of aromatic nitrogens is 1. The summed E-state index contributed by atoms with van der Waals surface area (Å²) in [6.07, 6.45) is 1.83. The highest BCUT2D eigenvalue weighted by Crippen LogP contribution is 2.39. The summed E-state index contributed by atoms with van der Waals surface area (Å²) in [7, 11) is 0. The first-order valence-electron chi connectivity index (χ1n) is 14.5. The van der Waals surface area contributed by atoms with E-state index < -0.39 is 40.5 Å². The Kier molecular flexibility index (Phi) is 8.68. The van der Waals surface area contributed by atoms with Gasteiger partial charge in [-0.25, -0.2) is 13.6 Å². The lowest BCUT2D eigenvalue weighted by Crippen LogP contribution is -2.35. The van der Waals surface area contributed by atoms with Gasteiger partial charge in [0.15, 0.2) is 17.4 Å². The number of urea groups is 1. The Bertz CT molecular complexity index is 1860. The highest BCUT2D eigenvalue weighted by atomic mass is 19.2. The van der Waals surface area contributed by atoms with Crippen LogP contribution in [0.2, 0.25) is 0 Å². The number of fused-ring (bicyclic) bond motifs is 1. The summed E-state index contributed by atoms with van der Waals surface area (Å²) in [5.74, 6) is -4.57. The molecule has 2 N–H and O–H groups in total. The minimum Gasteiger partial charge on any atom is -0.452 e. The van der Waals surface area contributed by atoms with E-state index in [2.05, 4.69) is 20.5 Å². The Morgan fingerprint density at radius 2 is 1.60 bits per heavy atom. The van der Waals surface area contributed by atoms with Gasteiger partial charge in [0.2, 0.25) is 5.82 Å². The Morgan fingerprint density at radius 3 is 2.31 bits per heavy atom. The quantitative estimate of drug-likeness (QED) is 0.181. The number of benzene rings is 4. The number of hydrogen-bond donors (Lipinski definition) is 2. The maximum Gasteiger partial charge on any atom is 0.323 e. The molecular formula is C35H31F3N4O3. The van der Waals surface area contributed by atoms with Crippen LogP contribution in [0.15, 0.2) is 79.0 Å². The molecule has 2 amide bonds. The van der Waals surface area contributed by atoms with E-state index >= 15 is 8.78 Å². The van der Waals surface area contributed by atoms with Gasteiger partial charge in [-0.3, -0.25) is 9.88 Å². The molecule has 7 nitrogen and oxygen atoms in total. The first kappa shape index (κ1) is 30.1. The van der Waals surface area contributed by atoms with Gasteiger partial charge in [-0.2, -0.15) is 4.39 Å². The molecule has 4 aromatic carbocycles. The van der Waals surface area contributed by atoms with Gasteiger partial charge in [0.25, 0.3) is 0 Å². The summed E-state index contributed by atoms with van der Waals surface area (Å²) in [5.41, 5.74) is 2.93. The van der Waals surface area contributed by atoms with Crippen molar-refractivity contribution in [2.75, 3.05) is 36.9 Å². The maximum absolute atomic E-state index is 15.3. The van der Waals surface area contributed by atoms with Crippen LogP contribution in [0.4, 0.5) is 29.3 Å². The molecule has 0 saturated carbocycles. The van der Waals surface area contributed by atoms with Crippen LogP contribution in [0.25, 0.3) is 21.9 Å². The van der Waals surface area contributed by atoms with E-state index in [0.29, 0.717) is 5.69 Å². The lowest BCUT2D eigenvalue weighted by atomic mass is 9.98. The van der Waals surface area contributed by atoms with Crippen molar-refractivity contribution in [2.45, 2.75) is 20.4 Å². The van der Waals surface area contributed by atoms with Crippen LogP contribution >= 0.6 is 0 Å². The number of hydrogen-bond acceptors (Lipinski definition) is 5. The zero-order chi connectivity index (χ0) is 31.5. The summed E-state index contributed by atoms with van der Waals surface area (Å²) in [6, 6.07) is 20.8. The van der Waals surface area contributed by atoms with Gasteiger partial charge in [0, 0.05) is 42.3 Å². The molecule has 1 saturated heterocycles. The van der Waals surface area contributed by atoms with Crippen molar-refractivity contribution in [1.82, 2.24) is 9.88 Å². The lowest BCUT2D eigenvalue weighted by molar-refractivity contribution is 0.0336. The molecule has 2 heterocycles. The Balaban J connectivity index is 1.25. The molecule has 1 fully saturated rings. The van der Waals surface area contributed by atoms with Gasteiger partial charge in [-0.05, 0) is 49.1 Å². The van der Waals surface area contributed by atoms with Crippen molar-refractivity contribution < 1.29 is 27.4 Å². The number of carbonyl (C=O) groups is 1. The van der Waals surface area contributed by atoms with Gasteiger partial charge >= 0.3 is 6.03 Å². The number of morpholine rings is 1. The normalized spacial score (nSPS) is 13.5. The van der Waals surface area contributed by atoms with Crippen molar-refractivity contribution in [3.05, 3.63) is 113 Å². The minimum atomic E-state index is -1.41. The maximum atomic E-state index is 15.3. The number of aryl methyl sites for hydroxylation is 1. The summed E-state index contributed by atoms with van der Waals surface area (Å²) < 4.78 is 55.8. The third-order valence-corrected chi connectivity index (χ3v) is 7.77. The molecule has 1 aliphatic rings. The molecule has 6 rings (SSSR count). The van der Waals surface area contributed by atoms with E-state index in [9.17, 15) is 9.18 Å². The van der Waals surface area contributed by atoms with E-state index in [-0.39, 0.29) is 5.75 Å². The van der Waals surface area contributed by atoms with Crippen LogP contribution in [0.1, 0.15) is 16.8 Å². The molecule has 230 valence electrons. The standard InChI is InChI=1S/C35H31F3N4O3/c1-21-7-11-25(12-8-21)45-34-32(38)30(36)22(2)31(37)33(34)41-35(43)40-29-14-13-26(27-5-3-4-6-28(27)29)23-9-10-24(39-19-23)20-42-15-17-44-18-16-42/h3-14,19H,15-18,20H2,1-2H3,(H2,40,41,43). The first-order chi connectivity index (χ1) is 21.8. The number of rotatable bonds is 7. The fourth-order valence-electron chi connectivity index (χ4n) is 5.28.